The van der Waals surface area contributed by atoms with Crippen molar-refractivity contribution in [3.63, 3.8) is 0 Å². The monoisotopic (exact) mass is 455 g/mol. The molecule has 3 aromatic rings. The summed E-state index contributed by atoms with van der Waals surface area (Å²) in [5, 5.41) is 14.3. The highest BCUT2D eigenvalue weighted by Gasteiger charge is 2.58. The van der Waals surface area contributed by atoms with Gasteiger partial charge in [-0.3, -0.25) is 9.59 Å². The average molecular weight is 456 g/mol. The Balaban J connectivity index is 1.56. The Morgan fingerprint density at radius 1 is 1.00 bits per heavy atom. The highest BCUT2D eigenvalue weighted by atomic mass is 16.3. The summed E-state index contributed by atoms with van der Waals surface area (Å²) in [5.74, 6) is -0.810. The fourth-order valence-corrected chi connectivity index (χ4v) is 5.98. The summed E-state index contributed by atoms with van der Waals surface area (Å²) in [6.07, 6.45) is 2.77. The summed E-state index contributed by atoms with van der Waals surface area (Å²) in [6, 6.07) is 21.7. The minimum absolute atomic E-state index is 0.000757. The maximum atomic E-state index is 14.0. The third kappa shape index (κ3) is 3.47. The van der Waals surface area contributed by atoms with Gasteiger partial charge in [-0.15, -0.1) is 0 Å². The smallest absolute Gasteiger partial charge is 0.264 e. The maximum absolute atomic E-state index is 14.0. The van der Waals surface area contributed by atoms with Crippen LogP contribution in [0.3, 0.4) is 0 Å². The van der Waals surface area contributed by atoms with E-state index >= 15 is 0 Å². The Labute approximate surface area is 201 Å². The zero-order valence-corrected chi connectivity index (χ0v) is 20.3. The van der Waals surface area contributed by atoms with E-state index in [4.69, 9.17) is 0 Å². The predicted molar refractivity (Wildman–Crippen MR) is 135 cm³/mol. The number of amides is 1. The van der Waals surface area contributed by atoms with Gasteiger partial charge in [0.2, 0.25) is 0 Å². The van der Waals surface area contributed by atoms with Crippen molar-refractivity contribution in [2.75, 3.05) is 4.90 Å². The van der Waals surface area contributed by atoms with E-state index in [-0.39, 0.29) is 23.0 Å². The molecule has 0 aromatic heterocycles. The molecule has 3 atom stereocenters. The standard InChI is InChI=1S/C30H33NO3/c1-4-29(2,3)22-16-17-27(32)25(18-22)30(34)24-14-7-8-15-26(24)31(28(30)33)19-21-12-9-11-20-10-5-6-13-23(20)21/h5-15,22,25,34H,4,16-19H2,1-3H3/t22-,25-,30+/m1/s1. The SMILES string of the molecule is CCC(C)(C)[C@@H]1CCC(=O)[C@H]([C@]2(O)C(=O)N(Cc3cccc4ccccc34)c3ccccc32)C1. The molecule has 176 valence electrons. The van der Waals surface area contributed by atoms with E-state index in [1.165, 1.54) is 0 Å². The second-order valence-electron chi connectivity index (χ2n) is 10.6. The van der Waals surface area contributed by atoms with Crippen molar-refractivity contribution < 1.29 is 14.7 Å². The molecule has 1 fully saturated rings. The number of benzene rings is 3. The molecule has 4 heteroatoms. The van der Waals surface area contributed by atoms with Gasteiger partial charge in [0, 0.05) is 12.0 Å². The number of rotatable bonds is 5. The van der Waals surface area contributed by atoms with Gasteiger partial charge in [-0.25, -0.2) is 0 Å². The van der Waals surface area contributed by atoms with Crippen LogP contribution in [0.2, 0.25) is 0 Å². The van der Waals surface area contributed by atoms with Crippen molar-refractivity contribution in [2.45, 2.75) is 58.6 Å². The molecule has 1 aliphatic carbocycles. The summed E-state index contributed by atoms with van der Waals surface area (Å²) < 4.78 is 0. The summed E-state index contributed by atoms with van der Waals surface area (Å²) >= 11 is 0. The molecular formula is C30H33NO3. The number of aliphatic hydroxyl groups is 1. The second kappa shape index (κ2) is 8.35. The Kier molecular flexibility index (Phi) is 5.60. The van der Waals surface area contributed by atoms with E-state index in [1.807, 2.05) is 48.5 Å². The highest BCUT2D eigenvalue weighted by molar-refractivity contribution is 6.10. The Morgan fingerprint density at radius 3 is 2.50 bits per heavy atom. The van der Waals surface area contributed by atoms with Crippen molar-refractivity contribution >= 4 is 28.2 Å². The molecular weight excluding hydrogens is 422 g/mol. The van der Waals surface area contributed by atoms with Crippen LogP contribution in [0.25, 0.3) is 10.8 Å². The first kappa shape index (κ1) is 22.8. The summed E-state index contributed by atoms with van der Waals surface area (Å²) in [6.45, 7) is 6.98. The normalized spacial score (nSPS) is 25.1. The molecule has 1 saturated carbocycles. The average Bonchev–Trinajstić information content (AvgIpc) is 3.07. The third-order valence-corrected chi connectivity index (χ3v) is 8.55. The van der Waals surface area contributed by atoms with Gasteiger partial charge in [0.25, 0.3) is 5.91 Å². The lowest BCUT2D eigenvalue weighted by Gasteiger charge is -2.42. The zero-order chi connectivity index (χ0) is 24.1. The molecule has 1 N–H and O–H groups in total. The number of nitrogens with zero attached hydrogens (tertiary/aromatic N) is 1. The number of ketones is 1. The van der Waals surface area contributed by atoms with Crippen molar-refractivity contribution in [1.82, 2.24) is 0 Å². The quantitative estimate of drug-likeness (QED) is 0.514. The number of hydrogen-bond acceptors (Lipinski definition) is 3. The molecule has 0 saturated heterocycles. The lowest BCUT2D eigenvalue weighted by atomic mass is 9.62. The van der Waals surface area contributed by atoms with E-state index in [0.29, 0.717) is 30.6 Å². The summed E-state index contributed by atoms with van der Waals surface area (Å²) in [5.41, 5.74) is 0.520. The van der Waals surface area contributed by atoms with Crippen molar-refractivity contribution in [3.8, 4) is 0 Å². The number of para-hydroxylation sites is 1. The van der Waals surface area contributed by atoms with E-state index in [0.717, 1.165) is 29.2 Å². The minimum atomic E-state index is -1.82. The first-order valence-electron chi connectivity index (χ1n) is 12.4. The first-order valence-corrected chi connectivity index (χ1v) is 12.4. The van der Waals surface area contributed by atoms with Crippen molar-refractivity contribution in [2.24, 2.45) is 17.3 Å². The zero-order valence-electron chi connectivity index (χ0n) is 20.3. The number of fused-ring (bicyclic) bond motifs is 2. The van der Waals surface area contributed by atoms with Gasteiger partial charge in [0.1, 0.15) is 5.78 Å². The molecule has 3 aromatic carbocycles. The number of carbonyl (C=O) groups is 2. The maximum Gasteiger partial charge on any atom is 0.264 e. The molecule has 0 bridgehead atoms. The molecule has 0 unspecified atom stereocenters. The number of Topliss-reactive ketones (excluding diaryl/α,β-unsaturated/α-hetero) is 1. The molecule has 1 aliphatic heterocycles. The second-order valence-corrected chi connectivity index (χ2v) is 10.6. The number of carbonyl (C=O) groups excluding carboxylic acids is 2. The molecule has 2 aliphatic rings. The molecule has 4 nitrogen and oxygen atoms in total. The molecule has 1 heterocycles. The highest BCUT2D eigenvalue weighted by Crippen LogP contribution is 2.52. The van der Waals surface area contributed by atoms with Crippen molar-refractivity contribution in [3.05, 3.63) is 77.9 Å². The topological polar surface area (TPSA) is 57.6 Å². The van der Waals surface area contributed by atoms with Gasteiger partial charge in [0.05, 0.1) is 18.2 Å². The van der Waals surface area contributed by atoms with Crippen LogP contribution in [0, 0.1) is 17.3 Å². The Morgan fingerprint density at radius 2 is 1.71 bits per heavy atom. The summed E-state index contributed by atoms with van der Waals surface area (Å²) in [7, 11) is 0. The Hall–Kier alpha value is -2.98. The molecule has 0 spiro atoms. The molecule has 0 radical (unpaired) electrons. The van der Waals surface area contributed by atoms with Crippen LogP contribution in [-0.4, -0.2) is 16.8 Å². The van der Waals surface area contributed by atoms with Crippen LogP contribution in [0.15, 0.2) is 66.7 Å². The van der Waals surface area contributed by atoms with E-state index in [9.17, 15) is 14.7 Å². The lowest BCUT2D eigenvalue weighted by molar-refractivity contribution is -0.155. The van der Waals surface area contributed by atoms with E-state index < -0.39 is 11.5 Å². The fraction of sp³-hybridized carbons (Fsp3) is 0.400. The van der Waals surface area contributed by atoms with Crippen LogP contribution in [0.5, 0.6) is 0 Å². The largest absolute Gasteiger partial charge is 0.375 e. The van der Waals surface area contributed by atoms with Gasteiger partial charge in [0.15, 0.2) is 5.60 Å². The van der Waals surface area contributed by atoms with Crippen LogP contribution < -0.4 is 4.90 Å². The van der Waals surface area contributed by atoms with Gasteiger partial charge in [-0.05, 0) is 46.6 Å². The number of anilines is 1. The van der Waals surface area contributed by atoms with Crippen LogP contribution in [0.1, 0.15) is 57.6 Å². The van der Waals surface area contributed by atoms with Gasteiger partial charge < -0.3 is 10.0 Å². The number of hydrogen-bond donors (Lipinski definition) is 1. The van der Waals surface area contributed by atoms with Crippen LogP contribution in [0.4, 0.5) is 5.69 Å². The van der Waals surface area contributed by atoms with Gasteiger partial charge >= 0.3 is 0 Å². The van der Waals surface area contributed by atoms with Crippen molar-refractivity contribution in [1.29, 1.82) is 0 Å². The Bertz CT molecular complexity index is 1260. The molecule has 5 rings (SSSR count). The summed E-state index contributed by atoms with van der Waals surface area (Å²) in [4.78, 5) is 28.9. The minimum Gasteiger partial charge on any atom is -0.375 e. The fourth-order valence-electron chi connectivity index (χ4n) is 5.98. The van der Waals surface area contributed by atoms with Crippen LogP contribution in [-0.2, 0) is 21.7 Å². The molecule has 34 heavy (non-hydrogen) atoms. The van der Waals surface area contributed by atoms with E-state index in [1.54, 1.807) is 4.90 Å². The predicted octanol–water partition coefficient (Wildman–Crippen LogP) is 6.00. The first-order chi connectivity index (χ1) is 16.3. The van der Waals surface area contributed by atoms with Gasteiger partial charge in [-0.1, -0.05) is 87.9 Å². The molecule has 1 amide bonds. The third-order valence-electron chi connectivity index (χ3n) is 8.55. The van der Waals surface area contributed by atoms with Gasteiger partial charge in [-0.2, -0.15) is 0 Å². The lowest BCUT2D eigenvalue weighted by Crippen LogP contribution is -2.51. The van der Waals surface area contributed by atoms with Crippen LogP contribution >= 0.6 is 0 Å². The van der Waals surface area contributed by atoms with E-state index in [2.05, 4.69) is 39.0 Å².